The van der Waals surface area contributed by atoms with Crippen molar-refractivity contribution < 1.29 is 43.3 Å². The first-order valence-electron chi connectivity index (χ1n) is 23.8. The van der Waals surface area contributed by atoms with Gasteiger partial charge >= 0.3 is 0 Å². The summed E-state index contributed by atoms with van der Waals surface area (Å²) >= 11 is 1.68. The molecule has 3 heterocycles. The van der Waals surface area contributed by atoms with Crippen LogP contribution in [0.3, 0.4) is 0 Å². The lowest BCUT2D eigenvalue weighted by Gasteiger charge is -2.35. The maximum absolute atomic E-state index is 14.0. The third-order valence-corrected chi connectivity index (χ3v) is 14.1. The van der Waals surface area contributed by atoms with Crippen molar-refractivity contribution in [2.45, 2.75) is 97.5 Å². The SMILES string of the molecule is COc1cnc(C(=O)NCc2cccc(CC(=O)NCCOCCOCC(=O)N[C@H](C(=O)N3C[C@H](O)C[C@H]3C(=O)NCc3ccc(-c4sccc4C)cc3)C(C)(C)C)c2)cc1/C=C/C1CC2(CC2)C1. The summed E-state index contributed by atoms with van der Waals surface area (Å²) in [5.74, 6) is -0.644. The number of ether oxygens (including phenoxy) is 3. The van der Waals surface area contributed by atoms with E-state index in [1.54, 1.807) is 30.7 Å². The minimum absolute atomic E-state index is 0.0267. The zero-order chi connectivity index (χ0) is 49.1. The standard InChI is InChI=1S/C53H66N6O9S/c1-34-15-22-69-47(34)39-12-9-35(10-13-39)29-57-50(64)43-26-41(60)32-59(43)51(65)48(52(2,3)4)58-46(62)33-68-21-20-67-19-18-54-45(61)24-36-7-6-8-37(23-36)30-56-49(63)42-25-40(44(66-5)31-55-42)14-11-38-27-53(28-38)16-17-53/h6-15,22-23,25,31,38,41,43,48,60H,16-21,24,26-30,32-33H2,1-5H3,(H,54,61)(H,56,63)(H,57,64)(H,58,62)/b14-11+/t41-,43+,48-/m1/s1. The van der Waals surface area contributed by atoms with Gasteiger partial charge in [-0.3, -0.25) is 24.0 Å². The number of rotatable bonds is 22. The molecule has 2 aliphatic carbocycles. The maximum atomic E-state index is 14.0. The number of β-amino-alcohol motifs (C(OH)–C–C–N with tert-alkyl or cyclic N) is 1. The molecular formula is C53H66N6O9S. The van der Waals surface area contributed by atoms with Crippen LogP contribution in [0.2, 0.25) is 0 Å². The minimum Gasteiger partial charge on any atom is -0.495 e. The van der Waals surface area contributed by atoms with Gasteiger partial charge in [-0.25, -0.2) is 4.98 Å². The molecule has 2 aromatic heterocycles. The van der Waals surface area contributed by atoms with E-state index in [4.69, 9.17) is 14.2 Å². The Labute approximate surface area is 408 Å². The zero-order valence-electron chi connectivity index (χ0n) is 40.3. The van der Waals surface area contributed by atoms with Crippen molar-refractivity contribution in [3.63, 3.8) is 0 Å². The number of likely N-dealkylation sites (tertiary alicyclic amines) is 1. The van der Waals surface area contributed by atoms with Crippen molar-refractivity contribution in [1.29, 1.82) is 0 Å². The van der Waals surface area contributed by atoms with Crippen LogP contribution < -0.4 is 26.0 Å². The fraction of sp³-hybridized carbons (Fsp3) is 0.472. The second-order valence-corrected chi connectivity index (χ2v) is 20.6. The lowest BCUT2D eigenvalue weighted by atomic mass is 9.72. The largest absolute Gasteiger partial charge is 0.495 e. The lowest BCUT2D eigenvalue weighted by Crippen LogP contribution is -2.58. The number of aromatic nitrogens is 1. The van der Waals surface area contributed by atoms with Crippen LogP contribution in [0, 0.1) is 23.7 Å². The van der Waals surface area contributed by atoms with E-state index in [9.17, 15) is 29.1 Å². The molecule has 368 valence electrons. The summed E-state index contributed by atoms with van der Waals surface area (Å²) < 4.78 is 16.6. The van der Waals surface area contributed by atoms with Crippen LogP contribution in [-0.2, 0) is 48.2 Å². The van der Waals surface area contributed by atoms with E-state index in [0.717, 1.165) is 27.8 Å². The molecule has 0 radical (unpaired) electrons. The van der Waals surface area contributed by atoms with Crippen molar-refractivity contribution >= 4 is 46.9 Å². The molecule has 2 aromatic carbocycles. The average Bonchev–Trinajstić information content (AvgIpc) is 3.85. The van der Waals surface area contributed by atoms with Crippen LogP contribution in [0.5, 0.6) is 5.75 Å². The first-order chi connectivity index (χ1) is 33.1. The molecule has 4 aromatic rings. The van der Waals surface area contributed by atoms with E-state index in [0.29, 0.717) is 22.8 Å². The number of thiophene rings is 1. The highest BCUT2D eigenvalue weighted by Gasteiger charge is 2.51. The van der Waals surface area contributed by atoms with Gasteiger partial charge in [-0.2, -0.15) is 0 Å². The van der Waals surface area contributed by atoms with E-state index in [2.05, 4.69) is 50.7 Å². The number of amides is 5. The quantitative estimate of drug-likeness (QED) is 0.0604. The molecule has 3 fully saturated rings. The van der Waals surface area contributed by atoms with E-state index < -0.39 is 35.4 Å². The average molecular weight is 963 g/mol. The molecule has 2 saturated carbocycles. The Hall–Kier alpha value is -5.94. The van der Waals surface area contributed by atoms with Crippen molar-refractivity contribution in [3.8, 4) is 16.2 Å². The molecule has 0 unspecified atom stereocenters. The molecule has 69 heavy (non-hydrogen) atoms. The van der Waals surface area contributed by atoms with Gasteiger partial charge in [0.1, 0.15) is 30.1 Å². The minimum atomic E-state index is -0.986. The molecule has 5 amide bonds. The Balaban J connectivity index is 0.770. The molecule has 0 bridgehead atoms. The fourth-order valence-electron chi connectivity index (χ4n) is 8.99. The van der Waals surface area contributed by atoms with E-state index in [1.807, 2.05) is 75.4 Å². The smallest absolute Gasteiger partial charge is 0.270 e. The Morgan fingerprint density at radius 3 is 2.36 bits per heavy atom. The number of aliphatic hydroxyl groups is 1. The Bertz CT molecular complexity index is 2470. The first kappa shape index (κ1) is 50.9. The van der Waals surface area contributed by atoms with Crippen LogP contribution in [0.15, 0.2) is 78.3 Å². The molecule has 15 nitrogen and oxygen atoms in total. The number of benzene rings is 2. The molecule has 3 aliphatic rings. The molecule has 7 rings (SSSR count). The van der Waals surface area contributed by atoms with Gasteiger partial charge in [-0.15, -0.1) is 11.3 Å². The normalized spacial score (nSPS) is 17.9. The van der Waals surface area contributed by atoms with Crippen LogP contribution in [0.25, 0.3) is 16.5 Å². The van der Waals surface area contributed by atoms with Gasteiger partial charge in [0.25, 0.3) is 5.91 Å². The number of carbonyl (C=O) groups is 5. The topological polar surface area (TPSA) is 198 Å². The van der Waals surface area contributed by atoms with Crippen LogP contribution >= 0.6 is 11.3 Å². The highest BCUT2D eigenvalue weighted by Crippen LogP contribution is 2.63. The summed E-state index contributed by atoms with van der Waals surface area (Å²) in [5, 5.41) is 24.1. The maximum Gasteiger partial charge on any atom is 0.270 e. The second kappa shape index (κ2) is 23.1. The van der Waals surface area contributed by atoms with E-state index in [-0.39, 0.29) is 83.2 Å². The van der Waals surface area contributed by atoms with Crippen molar-refractivity contribution in [1.82, 2.24) is 31.2 Å². The Kier molecular flexibility index (Phi) is 17.1. The summed E-state index contributed by atoms with van der Waals surface area (Å²) in [5.41, 5.74) is 5.87. The highest BCUT2D eigenvalue weighted by molar-refractivity contribution is 7.13. The number of pyridine rings is 1. The summed E-state index contributed by atoms with van der Waals surface area (Å²) in [6, 6.07) is 17.4. The summed E-state index contributed by atoms with van der Waals surface area (Å²) in [6.07, 6.45) is 10.3. The van der Waals surface area contributed by atoms with Gasteiger partial charge < -0.3 is 45.5 Å². The molecule has 16 heteroatoms. The number of nitrogens with one attached hydrogen (secondary N) is 4. The number of aryl methyl sites for hydroxylation is 1. The van der Waals surface area contributed by atoms with E-state index in [1.165, 1.54) is 41.0 Å². The van der Waals surface area contributed by atoms with Gasteiger partial charge in [0, 0.05) is 43.0 Å². The number of aliphatic hydroxyl groups excluding tert-OH is 1. The number of allylic oxidation sites excluding steroid dienone is 1. The van der Waals surface area contributed by atoms with Crippen LogP contribution in [-0.4, -0.2) is 109 Å². The van der Waals surface area contributed by atoms with Gasteiger partial charge in [0.15, 0.2) is 0 Å². The van der Waals surface area contributed by atoms with Gasteiger partial charge in [0.2, 0.25) is 23.6 Å². The monoisotopic (exact) mass is 962 g/mol. The van der Waals surface area contributed by atoms with Crippen LogP contribution in [0.1, 0.15) is 91.2 Å². The second-order valence-electron chi connectivity index (χ2n) is 19.6. The summed E-state index contributed by atoms with van der Waals surface area (Å²) in [6.45, 7) is 8.47. The fourth-order valence-corrected chi connectivity index (χ4v) is 9.92. The number of carbonyl (C=O) groups excluding carboxylic acids is 5. The van der Waals surface area contributed by atoms with Crippen LogP contribution in [0.4, 0.5) is 0 Å². The van der Waals surface area contributed by atoms with Crippen molar-refractivity contribution in [2.75, 3.05) is 46.6 Å². The number of hydrogen-bond donors (Lipinski definition) is 5. The third-order valence-electron chi connectivity index (χ3n) is 13.1. The first-order valence-corrected chi connectivity index (χ1v) is 24.7. The third kappa shape index (κ3) is 14.1. The number of nitrogens with zero attached hydrogens (tertiary/aromatic N) is 2. The predicted octanol–water partition coefficient (Wildman–Crippen LogP) is 5.76. The predicted molar refractivity (Wildman–Crippen MR) is 264 cm³/mol. The molecule has 1 aliphatic heterocycles. The number of methoxy groups -OCH3 is 1. The highest BCUT2D eigenvalue weighted by atomic mass is 32.1. The Morgan fingerprint density at radius 1 is 0.913 bits per heavy atom. The van der Waals surface area contributed by atoms with E-state index >= 15 is 0 Å². The number of hydrogen-bond acceptors (Lipinski definition) is 11. The molecular weight excluding hydrogens is 897 g/mol. The van der Waals surface area contributed by atoms with Crippen molar-refractivity contribution in [3.05, 3.63) is 112 Å². The Morgan fingerprint density at radius 2 is 1.65 bits per heavy atom. The molecule has 1 saturated heterocycles. The van der Waals surface area contributed by atoms with Crippen molar-refractivity contribution in [2.24, 2.45) is 16.7 Å². The van der Waals surface area contributed by atoms with Gasteiger partial charge in [-0.05, 0) is 94.7 Å². The lowest BCUT2D eigenvalue weighted by molar-refractivity contribution is -0.144. The zero-order valence-corrected chi connectivity index (χ0v) is 41.1. The molecule has 3 atom stereocenters. The summed E-state index contributed by atoms with van der Waals surface area (Å²) in [7, 11) is 1.59. The van der Waals surface area contributed by atoms with Gasteiger partial charge in [0.05, 0.1) is 45.7 Å². The molecule has 5 N–H and O–H groups in total. The van der Waals surface area contributed by atoms with Gasteiger partial charge in [-0.1, -0.05) is 81.5 Å². The summed E-state index contributed by atoms with van der Waals surface area (Å²) in [4.78, 5) is 73.1. The molecule has 1 spiro atoms.